The van der Waals surface area contributed by atoms with E-state index in [1.165, 1.54) is 22.8 Å². The van der Waals surface area contributed by atoms with Crippen LogP contribution in [0.1, 0.15) is 128 Å². The summed E-state index contributed by atoms with van der Waals surface area (Å²) in [5, 5.41) is 67.1. The second-order valence-corrected chi connectivity index (χ2v) is 25.5. The molecule has 7 amide bonds. The van der Waals surface area contributed by atoms with E-state index in [0.29, 0.717) is 70.6 Å². The maximum Gasteiger partial charge on any atom is 0.412 e. The van der Waals surface area contributed by atoms with Crippen LogP contribution in [0.25, 0.3) is 22.3 Å². The zero-order valence-electron chi connectivity index (χ0n) is 54.2. The Morgan fingerprint density at radius 2 is 1.60 bits per heavy atom. The Morgan fingerprint density at radius 3 is 2.29 bits per heavy atom. The quantitative estimate of drug-likeness (QED) is 0.0193. The van der Waals surface area contributed by atoms with Gasteiger partial charge >= 0.3 is 18.0 Å². The van der Waals surface area contributed by atoms with Crippen LogP contribution in [0, 0.1) is 5.41 Å². The van der Waals surface area contributed by atoms with Gasteiger partial charge < -0.3 is 90.3 Å². The number of fused-ring (bicyclic) bond motifs is 6. The van der Waals surface area contributed by atoms with Crippen molar-refractivity contribution < 1.29 is 102 Å². The fourth-order valence-electron chi connectivity index (χ4n) is 11.7. The predicted molar refractivity (Wildman–Crippen MR) is 337 cm³/mol. The number of unbranched alkanes of at least 4 members (excludes halogenated alkanes) is 2. The maximum atomic E-state index is 14.2. The van der Waals surface area contributed by atoms with E-state index in [9.17, 15) is 73.5 Å². The molecular formula is C65H81N9O22. The summed E-state index contributed by atoms with van der Waals surface area (Å²) in [4.78, 5) is 139. The van der Waals surface area contributed by atoms with E-state index in [2.05, 4.69) is 26.6 Å². The number of nitrogens with one attached hydrogen (secondary N) is 5. The van der Waals surface area contributed by atoms with Gasteiger partial charge in [0.25, 0.3) is 17.4 Å². The molecule has 0 aliphatic carbocycles. The first-order valence-corrected chi connectivity index (χ1v) is 31.7. The molecule has 0 radical (unpaired) electrons. The third kappa shape index (κ3) is 15.3. The molecule has 1 fully saturated rings. The number of aliphatic carboxylic acids is 1. The van der Waals surface area contributed by atoms with E-state index >= 15 is 0 Å². The maximum absolute atomic E-state index is 14.2. The number of rotatable bonds is 28. The van der Waals surface area contributed by atoms with Crippen LogP contribution in [0.15, 0.2) is 47.3 Å². The molecule has 0 bridgehead atoms. The molecule has 0 spiro atoms. The number of carboxylic acids is 1. The molecule has 4 aromatic rings. The molecule has 8 atom stereocenters. The Bertz CT molecular complexity index is 3810. The lowest BCUT2D eigenvalue weighted by Crippen LogP contribution is -2.61. The Morgan fingerprint density at radius 1 is 0.865 bits per heavy atom. The van der Waals surface area contributed by atoms with Gasteiger partial charge in [0.1, 0.15) is 55.0 Å². The fraction of sp³-hybridized carbons (Fsp3) is 0.523. The smallest absolute Gasteiger partial charge is 0.412 e. The summed E-state index contributed by atoms with van der Waals surface area (Å²) < 4.78 is 41.3. The first-order valence-electron chi connectivity index (χ1n) is 31.7. The van der Waals surface area contributed by atoms with Crippen molar-refractivity contribution in [3.05, 3.63) is 80.7 Å². The van der Waals surface area contributed by atoms with Gasteiger partial charge in [0.05, 0.1) is 40.3 Å². The number of aromatic nitrogens is 2. The van der Waals surface area contributed by atoms with Gasteiger partial charge in [0, 0.05) is 72.8 Å². The molecule has 2 aromatic carbocycles. The Balaban J connectivity index is 0.921. The molecule has 96 heavy (non-hydrogen) atoms. The number of carbonyl (C=O) groups excluding carboxylic acids is 8. The lowest BCUT2D eigenvalue weighted by atomic mass is 9.86. The zero-order valence-corrected chi connectivity index (χ0v) is 54.2. The minimum Gasteiger partial charge on any atom is -0.479 e. The summed E-state index contributed by atoms with van der Waals surface area (Å²) >= 11 is 0. The first kappa shape index (κ1) is 71.2. The van der Waals surface area contributed by atoms with Crippen molar-refractivity contribution in [2.24, 2.45) is 11.1 Å². The Kier molecular flexibility index (Phi) is 21.9. The van der Waals surface area contributed by atoms with Crippen molar-refractivity contribution >= 4 is 75.8 Å². The molecule has 7 heterocycles. The summed E-state index contributed by atoms with van der Waals surface area (Å²) in [6, 6.07) is 4.36. The minimum atomic E-state index is -2.07. The van der Waals surface area contributed by atoms with Gasteiger partial charge in [-0.05, 0) is 95.0 Å². The summed E-state index contributed by atoms with van der Waals surface area (Å²) in [5.74, 6) is -6.77. The van der Waals surface area contributed by atoms with Crippen molar-refractivity contribution in [3.8, 4) is 28.6 Å². The van der Waals surface area contributed by atoms with Crippen LogP contribution in [0.3, 0.4) is 0 Å². The summed E-state index contributed by atoms with van der Waals surface area (Å²) in [6.07, 6.45) is -6.91. The number of ether oxygens (including phenoxy) is 7. The largest absolute Gasteiger partial charge is 0.479 e. The van der Waals surface area contributed by atoms with Crippen LogP contribution in [0.2, 0.25) is 0 Å². The minimum absolute atomic E-state index is 0.0168. The molecule has 12 N–H and O–H groups in total. The van der Waals surface area contributed by atoms with Gasteiger partial charge in [-0.2, -0.15) is 0 Å². The number of anilines is 2. The number of cyclic esters (lactones) is 1. The number of aliphatic hydroxyl groups excluding tert-OH is 3. The molecule has 5 aliphatic rings. The lowest BCUT2D eigenvalue weighted by molar-refractivity contribution is -0.271. The van der Waals surface area contributed by atoms with E-state index in [1.807, 2.05) is 27.7 Å². The van der Waals surface area contributed by atoms with Crippen LogP contribution >= 0.6 is 0 Å². The van der Waals surface area contributed by atoms with Crippen molar-refractivity contribution in [2.45, 2.75) is 180 Å². The highest BCUT2D eigenvalue weighted by atomic mass is 16.7. The van der Waals surface area contributed by atoms with E-state index in [1.54, 1.807) is 32.9 Å². The second-order valence-electron chi connectivity index (χ2n) is 25.5. The van der Waals surface area contributed by atoms with Crippen LogP contribution in [-0.4, -0.2) is 175 Å². The lowest BCUT2D eigenvalue weighted by Gasteiger charge is -2.38. The van der Waals surface area contributed by atoms with Gasteiger partial charge in [-0.25, -0.2) is 19.4 Å². The second kappa shape index (κ2) is 29.5. The average Bonchev–Trinajstić information content (AvgIpc) is 1.49. The first-order chi connectivity index (χ1) is 45.5. The van der Waals surface area contributed by atoms with Crippen LogP contribution in [0.5, 0.6) is 17.2 Å². The monoisotopic (exact) mass is 1340 g/mol. The van der Waals surface area contributed by atoms with E-state index in [0.717, 1.165) is 18.6 Å². The molecule has 1 saturated heterocycles. The molecule has 0 saturated carbocycles. The number of aryl methyl sites for hydroxylation is 1. The number of pyridine rings is 2. The van der Waals surface area contributed by atoms with Gasteiger partial charge in [0.2, 0.25) is 36.7 Å². The number of carbonyl (C=O) groups is 9. The average molecular weight is 1340 g/mol. The van der Waals surface area contributed by atoms with Crippen molar-refractivity contribution in [3.63, 3.8) is 0 Å². The van der Waals surface area contributed by atoms with Crippen LogP contribution in [0.4, 0.5) is 16.2 Å². The molecule has 31 heteroatoms. The Labute approximate surface area is 550 Å². The molecule has 9 rings (SSSR count). The van der Waals surface area contributed by atoms with Gasteiger partial charge in [-0.15, -0.1) is 0 Å². The standard InChI is InChI=1S/C65H81N9O22/c1-8-10-13-33-34-28-73-40(25-36-35(57(73)83)30-90-61(87)65(36,89)9-2)48(34)70-39-26-43-53(93-31-92-43)49(47(33)39)72-62(88)91-29-32-15-16-42(95-59-52(80)50(78)51(79)54(96-59)58(84)85)38(24-32)69-44(75)19-22-67-55(81)37(71-56(82)41(27-66)74-45(76)17-18-46(74)77)14-11-12-21-68-60(86)64(6,7)20-23-94-63(3,4)5/h15-18,24-26,37,41,50-52,54,59,78-80,89H,8-14,19-23,27-31,66H2,1-7H3,(H,67,81)(H,68,86)(H,69,75)(H,71,82)(H,72,88)(H,84,85)/t37-,41+,50-,51-,52+,54-,59+,65-/m0/s1. The van der Waals surface area contributed by atoms with Gasteiger partial charge in [-0.3, -0.25) is 43.8 Å². The molecule has 0 unspecified atom stereocenters. The van der Waals surface area contributed by atoms with Crippen molar-refractivity contribution in [1.82, 2.24) is 30.4 Å². The third-order valence-electron chi connectivity index (χ3n) is 17.2. The number of amides is 7. The van der Waals surface area contributed by atoms with Gasteiger partial charge in [-0.1, -0.05) is 40.2 Å². The normalized spacial score (nSPS) is 20.8. The number of benzene rings is 2. The SMILES string of the molecule is CCCCc1c2c(nc3cc4c(c(NC(=O)OCc5ccc(O[C@@H]6O[C@H](C(=O)O)[C@@H](O)[C@H](O)[C@H]6O)c(NC(=O)CCNC(=O)[C@H](CCCCNC(=O)C(C)(C)CCOC(C)(C)C)NC(=O)[C@@H](CN)N6C(=O)C=CC6=O)c5)c13)OCO4)-c1cc3c(c(=O)n1C2)COC(=O)[C@]3(O)CC. The number of esters is 1. The fourth-order valence-corrected chi connectivity index (χ4v) is 11.7. The van der Waals surface area contributed by atoms with Crippen molar-refractivity contribution in [1.29, 1.82) is 0 Å². The predicted octanol–water partition coefficient (Wildman–Crippen LogP) is 1.87. The highest BCUT2D eigenvalue weighted by Crippen LogP contribution is 2.49. The molecule has 5 aliphatic heterocycles. The third-order valence-corrected chi connectivity index (χ3v) is 17.2. The number of imide groups is 1. The number of hydrogen-bond donors (Lipinski definition) is 11. The highest BCUT2D eigenvalue weighted by Gasteiger charge is 2.49. The molecule has 31 nitrogen and oxygen atoms in total. The highest BCUT2D eigenvalue weighted by molar-refractivity contribution is 6.15. The van der Waals surface area contributed by atoms with E-state index in [4.69, 9.17) is 43.9 Å². The number of aliphatic hydroxyl groups is 4. The summed E-state index contributed by atoms with van der Waals surface area (Å²) in [7, 11) is 0. The topological polar surface area (TPSA) is 444 Å². The van der Waals surface area contributed by atoms with Crippen LogP contribution in [-0.2, 0) is 89.1 Å². The van der Waals surface area contributed by atoms with Gasteiger partial charge in [0.15, 0.2) is 23.2 Å². The number of hydrogen-bond acceptors (Lipinski definition) is 23. The summed E-state index contributed by atoms with van der Waals surface area (Å²) in [6.45, 7) is 11.6. The number of carboxylic acid groups (broad SMARTS) is 1. The molecule has 518 valence electrons. The zero-order chi connectivity index (χ0) is 69.7. The summed E-state index contributed by atoms with van der Waals surface area (Å²) in [5.41, 5.74) is 5.07. The molecule has 2 aromatic heterocycles. The van der Waals surface area contributed by atoms with Crippen LogP contribution < -0.4 is 52.1 Å². The molecular weight excluding hydrogens is 1260 g/mol. The van der Waals surface area contributed by atoms with Crippen molar-refractivity contribution in [2.75, 3.05) is 43.7 Å². The Hall–Kier alpha value is -9.11. The number of nitrogens with zero attached hydrogens (tertiary/aromatic N) is 3. The van der Waals surface area contributed by atoms with E-state index in [-0.39, 0.29) is 104 Å². The van der Waals surface area contributed by atoms with E-state index < -0.39 is 132 Å². The number of nitrogens with two attached hydrogens (primary N) is 1.